The third-order valence-electron chi connectivity index (χ3n) is 2.96. The number of aliphatic hydroxyl groups is 1. The Morgan fingerprint density at radius 1 is 1.33 bits per heavy atom. The Balaban J connectivity index is 1.95. The zero-order valence-corrected chi connectivity index (χ0v) is 12.6. The quantitative estimate of drug-likeness (QED) is 0.784. The van der Waals surface area contributed by atoms with E-state index in [0.29, 0.717) is 25.6 Å². The first-order chi connectivity index (χ1) is 10.2. The summed E-state index contributed by atoms with van der Waals surface area (Å²) in [5, 5.41) is 16.4. The van der Waals surface area contributed by atoms with Crippen molar-refractivity contribution in [1.82, 2.24) is 9.78 Å². The van der Waals surface area contributed by atoms with Crippen LogP contribution in [0.5, 0.6) is 5.75 Å². The molecule has 1 aromatic carbocycles. The van der Waals surface area contributed by atoms with Crippen molar-refractivity contribution in [3.63, 3.8) is 0 Å². The third-order valence-corrected chi connectivity index (χ3v) is 2.96. The molecule has 0 fully saturated rings. The molecule has 0 saturated carbocycles. The zero-order chi connectivity index (χ0) is 15.1. The molecule has 0 aliphatic heterocycles. The maximum absolute atomic E-state index is 8.88. The number of ether oxygens (including phenoxy) is 1. The highest BCUT2D eigenvalue weighted by Gasteiger charge is 2.05. The second-order valence-corrected chi connectivity index (χ2v) is 5.39. The van der Waals surface area contributed by atoms with Crippen LogP contribution in [0, 0.1) is 5.92 Å². The van der Waals surface area contributed by atoms with Crippen LogP contribution < -0.4 is 10.1 Å². The number of hydrogen-bond donors (Lipinski definition) is 2. The second kappa shape index (κ2) is 7.69. The van der Waals surface area contributed by atoms with E-state index >= 15 is 0 Å². The average Bonchev–Trinajstić information content (AvgIpc) is 2.92. The molecule has 0 bridgehead atoms. The van der Waals surface area contributed by atoms with Gasteiger partial charge in [-0.3, -0.25) is 4.68 Å². The summed E-state index contributed by atoms with van der Waals surface area (Å²) in [6, 6.07) is 7.94. The van der Waals surface area contributed by atoms with Crippen molar-refractivity contribution in [2.75, 3.05) is 18.5 Å². The maximum Gasteiger partial charge on any atom is 0.142 e. The summed E-state index contributed by atoms with van der Waals surface area (Å²) in [5.41, 5.74) is 2.05. The summed E-state index contributed by atoms with van der Waals surface area (Å²) in [5.74, 6) is 1.36. The van der Waals surface area contributed by atoms with Gasteiger partial charge in [-0.25, -0.2) is 0 Å². The topological polar surface area (TPSA) is 59.3 Å². The molecule has 1 heterocycles. The molecule has 0 saturated heterocycles. The summed E-state index contributed by atoms with van der Waals surface area (Å²) in [7, 11) is 0. The van der Waals surface area contributed by atoms with E-state index in [0.717, 1.165) is 17.0 Å². The van der Waals surface area contributed by atoms with Crippen LogP contribution in [0.1, 0.15) is 19.4 Å². The van der Waals surface area contributed by atoms with E-state index in [2.05, 4.69) is 24.3 Å². The fraction of sp³-hybridized carbons (Fsp3) is 0.438. The largest absolute Gasteiger partial charge is 0.491 e. The van der Waals surface area contributed by atoms with Gasteiger partial charge in [0, 0.05) is 18.3 Å². The van der Waals surface area contributed by atoms with E-state index in [1.54, 1.807) is 10.9 Å². The molecule has 0 aliphatic carbocycles. The molecule has 2 N–H and O–H groups in total. The number of hydrogen-bond acceptors (Lipinski definition) is 4. The molecule has 0 amide bonds. The number of benzene rings is 1. The van der Waals surface area contributed by atoms with Crippen molar-refractivity contribution in [3.05, 3.63) is 42.2 Å². The van der Waals surface area contributed by atoms with Crippen molar-refractivity contribution in [2.24, 2.45) is 5.92 Å². The smallest absolute Gasteiger partial charge is 0.142 e. The highest BCUT2D eigenvalue weighted by atomic mass is 16.5. The normalized spacial score (nSPS) is 10.9. The Morgan fingerprint density at radius 3 is 2.90 bits per heavy atom. The molecular formula is C16H23N3O2. The molecule has 5 nitrogen and oxygen atoms in total. The van der Waals surface area contributed by atoms with Gasteiger partial charge in [-0.1, -0.05) is 26.0 Å². The van der Waals surface area contributed by atoms with Crippen LogP contribution >= 0.6 is 0 Å². The molecule has 0 unspecified atom stereocenters. The lowest BCUT2D eigenvalue weighted by Gasteiger charge is -2.14. The summed E-state index contributed by atoms with van der Waals surface area (Å²) < 4.78 is 7.55. The van der Waals surface area contributed by atoms with E-state index in [-0.39, 0.29) is 6.61 Å². The van der Waals surface area contributed by atoms with Gasteiger partial charge in [0.1, 0.15) is 5.75 Å². The molecular weight excluding hydrogens is 266 g/mol. The molecule has 0 spiro atoms. The Kier molecular flexibility index (Phi) is 5.63. The molecule has 2 aromatic rings. The first kappa shape index (κ1) is 15.4. The lowest BCUT2D eigenvalue weighted by molar-refractivity contribution is 0.269. The minimum Gasteiger partial charge on any atom is -0.491 e. The standard InChI is InChI=1S/C16H23N3O2/c1-13(2)12-21-16-6-4-3-5-15(16)17-9-14-10-18-19(11-14)7-8-20/h3-6,10-11,13,17,20H,7-9,12H2,1-2H3. The van der Waals surface area contributed by atoms with E-state index in [4.69, 9.17) is 9.84 Å². The highest BCUT2D eigenvalue weighted by molar-refractivity contribution is 5.56. The Hall–Kier alpha value is -2.01. The van der Waals surface area contributed by atoms with Crippen molar-refractivity contribution in [3.8, 4) is 5.75 Å². The van der Waals surface area contributed by atoms with Crippen molar-refractivity contribution in [2.45, 2.75) is 26.9 Å². The predicted molar refractivity (Wildman–Crippen MR) is 83.4 cm³/mol. The van der Waals surface area contributed by atoms with Gasteiger partial charge in [0.25, 0.3) is 0 Å². The fourth-order valence-electron chi connectivity index (χ4n) is 1.91. The maximum atomic E-state index is 8.88. The van der Waals surface area contributed by atoms with Gasteiger partial charge < -0.3 is 15.2 Å². The zero-order valence-electron chi connectivity index (χ0n) is 12.6. The van der Waals surface area contributed by atoms with Gasteiger partial charge in [0.15, 0.2) is 0 Å². The molecule has 0 radical (unpaired) electrons. The molecule has 0 atom stereocenters. The molecule has 114 valence electrons. The Bertz CT molecular complexity index is 552. The van der Waals surface area contributed by atoms with Gasteiger partial charge in [0.2, 0.25) is 0 Å². The predicted octanol–water partition coefficient (Wildman–Crippen LogP) is 2.52. The van der Waals surface area contributed by atoms with E-state index in [1.807, 2.05) is 30.5 Å². The SMILES string of the molecule is CC(C)COc1ccccc1NCc1cnn(CCO)c1. The summed E-state index contributed by atoms with van der Waals surface area (Å²) >= 11 is 0. The van der Waals surface area contributed by atoms with Gasteiger partial charge in [-0.2, -0.15) is 5.10 Å². The first-order valence-corrected chi connectivity index (χ1v) is 7.27. The lowest BCUT2D eigenvalue weighted by Crippen LogP contribution is -2.07. The van der Waals surface area contributed by atoms with E-state index in [9.17, 15) is 0 Å². The number of para-hydroxylation sites is 2. The van der Waals surface area contributed by atoms with Gasteiger partial charge in [-0.05, 0) is 18.1 Å². The third kappa shape index (κ3) is 4.79. The number of aromatic nitrogens is 2. The van der Waals surface area contributed by atoms with Crippen LogP contribution in [0.15, 0.2) is 36.7 Å². The first-order valence-electron chi connectivity index (χ1n) is 7.27. The molecule has 5 heteroatoms. The lowest BCUT2D eigenvalue weighted by atomic mass is 10.2. The minimum absolute atomic E-state index is 0.0976. The number of rotatable bonds is 8. The van der Waals surface area contributed by atoms with Crippen molar-refractivity contribution >= 4 is 5.69 Å². The number of anilines is 1. The second-order valence-electron chi connectivity index (χ2n) is 5.39. The van der Waals surface area contributed by atoms with E-state index < -0.39 is 0 Å². The minimum atomic E-state index is 0.0976. The average molecular weight is 289 g/mol. The van der Waals surface area contributed by atoms with Crippen LogP contribution in [-0.2, 0) is 13.1 Å². The van der Waals surface area contributed by atoms with Crippen LogP contribution in [0.25, 0.3) is 0 Å². The van der Waals surface area contributed by atoms with Crippen LogP contribution in [0.4, 0.5) is 5.69 Å². The van der Waals surface area contributed by atoms with Crippen molar-refractivity contribution in [1.29, 1.82) is 0 Å². The van der Waals surface area contributed by atoms with Crippen molar-refractivity contribution < 1.29 is 9.84 Å². The summed E-state index contributed by atoms with van der Waals surface area (Å²) in [6.07, 6.45) is 3.74. The summed E-state index contributed by atoms with van der Waals surface area (Å²) in [4.78, 5) is 0. The number of aliphatic hydroxyl groups excluding tert-OH is 1. The Morgan fingerprint density at radius 2 is 2.14 bits per heavy atom. The van der Waals surface area contributed by atoms with Crippen LogP contribution in [-0.4, -0.2) is 28.1 Å². The van der Waals surface area contributed by atoms with Gasteiger partial charge in [-0.15, -0.1) is 0 Å². The fourth-order valence-corrected chi connectivity index (χ4v) is 1.91. The Labute approximate surface area is 125 Å². The molecule has 0 aliphatic rings. The van der Waals surface area contributed by atoms with Crippen LogP contribution in [0.3, 0.4) is 0 Å². The summed E-state index contributed by atoms with van der Waals surface area (Å²) in [6.45, 7) is 6.26. The molecule has 1 aromatic heterocycles. The van der Waals surface area contributed by atoms with Gasteiger partial charge in [0.05, 0.1) is 31.6 Å². The number of nitrogens with zero attached hydrogens (tertiary/aromatic N) is 2. The monoisotopic (exact) mass is 289 g/mol. The van der Waals surface area contributed by atoms with Crippen LogP contribution in [0.2, 0.25) is 0 Å². The van der Waals surface area contributed by atoms with Gasteiger partial charge >= 0.3 is 0 Å². The molecule has 2 rings (SSSR count). The highest BCUT2D eigenvalue weighted by Crippen LogP contribution is 2.24. The van der Waals surface area contributed by atoms with E-state index in [1.165, 1.54) is 0 Å². The molecule has 21 heavy (non-hydrogen) atoms. The number of nitrogens with one attached hydrogen (secondary N) is 1.